The molecule has 2 unspecified atom stereocenters. The predicted octanol–water partition coefficient (Wildman–Crippen LogP) is 3.35. The third-order valence-corrected chi connectivity index (χ3v) is 4.08. The van der Waals surface area contributed by atoms with Crippen molar-refractivity contribution < 1.29 is 8.78 Å². The molecule has 0 spiro atoms. The van der Waals surface area contributed by atoms with Crippen LogP contribution in [0, 0.1) is 17.6 Å². The Bertz CT molecular complexity index is 448. The Morgan fingerprint density at radius 3 is 2.75 bits per heavy atom. The Kier molecular flexibility index (Phi) is 5.11. The first kappa shape index (κ1) is 15.4. The maximum Gasteiger partial charge on any atom is 0.130 e. The van der Waals surface area contributed by atoms with Crippen LogP contribution in [0.15, 0.2) is 18.2 Å². The van der Waals surface area contributed by atoms with E-state index in [4.69, 9.17) is 0 Å². The van der Waals surface area contributed by atoms with Gasteiger partial charge in [0.05, 0.1) is 0 Å². The van der Waals surface area contributed by atoms with Gasteiger partial charge in [0.2, 0.25) is 0 Å². The topological polar surface area (TPSA) is 15.3 Å². The minimum atomic E-state index is -0.512. The number of halogens is 2. The molecule has 0 aromatic heterocycles. The summed E-state index contributed by atoms with van der Waals surface area (Å²) < 4.78 is 27.2. The smallest absolute Gasteiger partial charge is 0.130 e. The van der Waals surface area contributed by atoms with E-state index in [2.05, 4.69) is 24.1 Å². The van der Waals surface area contributed by atoms with Gasteiger partial charge in [-0.3, -0.25) is 4.90 Å². The number of benzene rings is 1. The largest absolute Gasteiger partial charge is 0.314 e. The van der Waals surface area contributed by atoms with E-state index < -0.39 is 11.6 Å². The molecule has 1 aromatic carbocycles. The number of likely N-dealkylation sites (tertiary alicyclic amines) is 1. The van der Waals surface area contributed by atoms with Gasteiger partial charge < -0.3 is 5.32 Å². The highest BCUT2D eigenvalue weighted by Crippen LogP contribution is 2.36. The molecule has 4 heteroatoms. The van der Waals surface area contributed by atoms with Crippen molar-refractivity contribution in [2.24, 2.45) is 5.92 Å². The lowest BCUT2D eigenvalue weighted by Gasteiger charge is -2.40. The fourth-order valence-electron chi connectivity index (χ4n) is 3.09. The summed E-state index contributed by atoms with van der Waals surface area (Å²) in [6, 6.07) is 4.38. The standard InChI is InChI=1S/C16H24F2N2/c1-11(2)19-10-12-5-4-8-20(3)16(12)14-7-6-13(17)9-15(14)18/h6-7,9,11-12,16,19H,4-5,8,10H2,1-3H3. The van der Waals surface area contributed by atoms with Gasteiger partial charge in [-0.2, -0.15) is 0 Å². The molecule has 1 aliphatic rings. The number of piperidine rings is 1. The van der Waals surface area contributed by atoms with E-state index in [0.717, 1.165) is 32.0 Å². The van der Waals surface area contributed by atoms with E-state index in [0.29, 0.717) is 17.5 Å². The van der Waals surface area contributed by atoms with Crippen molar-refractivity contribution >= 4 is 0 Å². The van der Waals surface area contributed by atoms with Crippen molar-refractivity contribution in [3.8, 4) is 0 Å². The summed E-state index contributed by atoms with van der Waals surface area (Å²) in [4.78, 5) is 2.19. The summed E-state index contributed by atoms with van der Waals surface area (Å²) in [6.45, 7) is 6.04. The van der Waals surface area contributed by atoms with E-state index in [1.807, 2.05) is 7.05 Å². The van der Waals surface area contributed by atoms with Crippen LogP contribution in [0.1, 0.15) is 38.3 Å². The van der Waals surface area contributed by atoms with Gasteiger partial charge >= 0.3 is 0 Å². The first-order valence-corrected chi connectivity index (χ1v) is 7.37. The fraction of sp³-hybridized carbons (Fsp3) is 0.625. The molecule has 20 heavy (non-hydrogen) atoms. The maximum atomic E-state index is 14.1. The highest BCUT2D eigenvalue weighted by molar-refractivity contribution is 5.23. The molecule has 0 bridgehead atoms. The number of rotatable bonds is 4. The van der Waals surface area contributed by atoms with Crippen molar-refractivity contribution in [3.63, 3.8) is 0 Å². The first-order chi connectivity index (χ1) is 9.49. The average Bonchev–Trinajstić information content (AvgIpc) is 2.37. The van der Waals surface area contributed by atoms with E-state index in [-0.39, 0.29) is 6.04 Å². The third kappa shape index (κ3) is 3.55. The summed E-state index contributed by atoms with van der Waals surface area (Å²) >= 11 is 0. The zero-order valence-electron chi connectivity index (χ0n) is 12.5. The van der Waals surface area contributed by atoms with Gasteiger partial charge in [-0.05, 0) is 38.4 Å². The number of nitrogens with zero attached hydrogens (tertiary/aromatic N) is 1. The molecule has 1 heterocycles. The zero-order valence-corrected chi connectivity index (χ0v) is 12.5. The lowest BCUT2D eigenvalue weighted by atomic mass is 9.84. The van der Waals surface area contributed by atoms with Crippen molar-refractivity contribution in [2.45, 2.75) is 38.8 Å². The van der Waals surface area contributed by atoms with E-state index in [1.54, 1.807) is 6.07 Å². The number of hydrogen-bond acceptors (Lipinski definition) is 2. The maximum absolute atomic E-state index is 14.1. The molecular weight excluding hydrogens is 258 g/mol. The van der Waals surface area contributed by atoms with E-state index >= 15 is 0 Å². The zero-order chi connectivity index (χ0) is 14.7. The van der Waals surface area contributed by atoms with Crippen molar-refractivity contribution in [1.82, 2.24) is 10.2 Å². The highest BCUT2D eigenvalue weighted by Gasteiger charge is 2.32. The fourth-order valence-corrected chi connectivity index (χ4v) is 3.09. The van der Waals surface area contributed by atoms with Gasteiger partial charge in [-0.1, -0.05) is 19.9 Å². The summed E-state index contributed by atoms with van der Waals surface area (Å²) in [6.07, 6.45) is 2.20. The van der Waals surface area contributed by atoms with E-state index in [9.17, 15) is 8.78 Å². The van der Waals surface area contributed by atoms with Crippen LogP contribution in [0.3, 0.4) is 0 Å². The molecule has 1 N–H and O–H groups in total. The van der Waals surface area contributed by atoms with Crippen molar-refractivity contribution in [1.29, 1.82) is 0 Å². The number of nitrogens with one attached hydrogen (secondary N) is 1. The van der Waals surface area contributed by atoms with Crippen LogP contribution >= 0.6 is 0 Å². The molecule has 0 amide bonds. The van der Waals surface area contributed by atoms with Crippen LogP contribution in [0.5, 0.6) is 0 Å². The van der Waals surface area contributed by atoms with Gasteiger partial charge in [-0.25, -0.2) is 8.78 Å². The predicted molar refractivity (Wildman–Crippen MR) is 77.6 cm³/mol. The van der Waals surface area contributed by atoms with Crippen LogP contribution in [-0.4, -0.2) is 31.1 Å². The molecule has 1 saturated heterocycles. The lowest BCUT2D eigenvalue weighted by Crippen LogP contribution is -2.42. The molecule has 2 atom stereocenters. The molecule has 0 saturated carbocycles. The first-order valence-electron chi connectivity index (χ1n) is 7.37. The second kappa shape index (κ2) is 6.64. The monoisotopic (exact) mass is 282 g/mol. The van der Waals surface area contributed by atoms with Crippen LogP contribution in [0.25, 0.3) is 0 Å². The highest BCUT2D eigenvalue weighted by atomic mass is 19.1. The Morgan fingerprint density at radius 1 is 1.35 bits per heavy atom. The quantitative estimate of drug-likeness (QED) is 0.911. The van der Waals surface area contributed by atoms with Crippen LogP contribution in [-0.2, 0) is 0 Å². The Labute approximate surface area is 120 Å². The normalized spacial score (nSPS) is 24.3. The second-order valence-corrected chi connectivity index (χ2v) is 6.06. The number of hydrogen-bond donors (Lipinski definition) is 1. The Balaban J connectivity index is 2.22. The Hall–Kier alpha value is -1.00. The van der Waals surface area contributed by atoms with Gasteiger partial charge in [0.1, 0.15) is 11.6 Å². The second-order valence-electron chi connectivity index (χ2n) is 6.06. The van der Waals surface area contributed by atoms with Gasteiger partial charge in [0.25, 0.3) is 0 Å². The minimum absolute atomic E-state index is 0.0237. The molecule has 0 radical (unpaired) electrons. The van der Waals surface area contributed by atoms with Crippen LogP contribution < -0.4 is 5.32 Å². The van der Waals surface area contributed by atoms with Crippen molar-refractivity contribution in [3.05, 3.63) is 35.4 Å². The third-order valence-electron chi connectivity index (χ3n) is 4.08. The van der Waals surface area contributed by atoms with Gasteiger partial charge in [-0.15, -0.1) is 0 Å². The molecule has 2 rings (SSSR count). The molecule has 0 aliphatic carbocycles. The minimum Gasteiger partial charge on any atom is -0.314 e. The lowest BCUT2D eigenvalue weighted by molar-refractivity contribution is 0.115. The van der Waals surface area contributed by atoms with Crippen LogP contribution in [0.4, 0.5) is 8.78 Å². The summed E-state index contributed by atoms with van der Waals surface area (Å²) in [5.41, 5.74) is 0.615. The summed E-state index contributed by atoms with van der Waals surface area (Å²) in [7, 11) is 2.02. The van der Waals surface area contributed by atoms with Gasteiger partial charge in [0.15, 0.2) is 0 Å². The van der Waals surface area contributed by atoms with Gasteiger partial charge in [0, 0.05) is 30.3 Å². The molecule has 1 aliphatic heterocycles. The molecule has 1 aromatic rings. The molecule has 1 fully saturated rings. The Morgan fingerprint density at radius 2 is 2.10 bits per heavy atom. The SMILES string of the molecule is CC(C)NCC1CCCN(C)C1c1ccc(F)cc1F. The average molecular weight is 282 g/mol. The van der Waals surface area contributed by atoms with Crippen molar-refractivity contribution in [2.75, 3.05) is 20.1 Å². The molecule has 112 valence electrons. The molecule has 2 nitrogen and oxygen atoms in total. The van der Waals surface area contributed by atoms with E-state index in [1.165, 1.54) is 6.07 Å². The molecular formula is C16H24F2N2. The summed E-state index contributed by atoms with van der Waals surface area (Å²) in [5.74, 6) is -0.587. The van der Waals surface area contributed by atoms with Crippen LogP contribution in [0.2, 0.25) is 0 Å². The summed E-state index contributed by atoms with van der Waals surface area (Å²) in [5, 5.41) is 3.44.